The van der Waals surface area contributed by atoms with E-state index in [1.54, 1.807) is 6.92 Å². The second kappa shape index (κ2) is 5.00. The maximum atomic E-state index is 11.1. The van der Waals surface area contributed by atoms with Crippen LogP contribution >= 0.6 is 0 Å². The molecule has 0 bridgehead atoms. The normalized spacial score (nSPS) is 17.9. The van der Waals surface area contributed by atoms with Crippen molar-refractivity contribution >= 4 is 5.97 Å². The fourth-order valence-corrected chi connectivity index (χ4v) is 2.67. The third-order valence-electron chi connectivity index (χ3n) is 3.77. The molecule has 0 aromatic carbocycles. The number of nitrogens with zero attached hydrogens (tertiary/aromatic N) is 1. The van der Waals surface area contributed by atoms with Gasteiger partial charge in [0.1, 0.15) is 0 Å². The zero-order chi connectivity index (χ0) is 13.2. The second-order valence-corrected chi connectivity index (χ2v) is 4.73. The van der Waals surface area contributed by atoms with Gasteiger partial charge >= 0.3 is 11.9 Å². The summed E-state index contributed by atoms with van der Waals surface area (Å²) in [6.07, 6.45) is 5.21. The van der Waals surface area contributed by atoms with E-state index in [9.17, 15) is 4.79 Å². The molecule has 0 radical (unpaired) electrons. The van der Waals surface area contributed by atoms with Crippen molar-refractivity contribution in [3.63, 3.8) is 0 Å². The van der Waals surface area contributed by atoms with Crippen LogP contribution in [0.25, 0.3) is 0 Å². The summed E-state index contributed by atoms with van der Waals surface area (Å²) >= 11 is 0. The van der Waals surface area contributed by atoms with E-state index in [4.69, 9.17) is 14.3 Å². The quantitative estimate of drug-likeness (QED) is 0.873. The Morgan fingerprint density at radius 1 is 1.44 bits per heavy atom. The Hall–Kier alpha value is -1.52. The molecule has 1 saturated carbocycles. The lowest BCUT2D eigenvalue weighted by molar-refractivity contribution is 0.0683. The lowest BCUT2D eigenvalue weighted by atomic mass is 9.83. The fraction of sp³-hybridized carbons (Fsp3) is 0.692. The highest BCUT2D eigenvalue weighted by Gasteiger charge is 2.40. The Bertz CT molecular complexity index is 432. The van der Waals surface area contributed by atoms with Gasteiger partial charge in [0.25, 0.3) is 0 Å². The van der Waals surface area contributed by atoms with Crippen molar-refractivity contribution in [1.82, 2.24) is 4.98 Å². The van der Waals surface area contributed by atoms with E-state index >= 15 is 0 Å². The summed E-state index contributed by atoms with van der Waals surface area (Å²) in [5.41, 5.74) is -0.203. The van der Waals surface area contributed by atoms with Crippen LogP contribution in [-0.4, -0.2) is 22.7 Å². The maximum Gasteiger partial charge on any atom is 0.362 e. The molecule has 0 amide bonds. The van der Waals surface area contributed by atoms with Crippen LogP contribution in [0.1, 0.15) is 62.3 Å². The van der Waals surface area contributed by atoms with Crippen LogP contribution < -0.4 is 4.74 Å². The van der Waals surface area contributed by atoms with Crippen molar-refractivity contribution in [3.8, 4) is 5.95 Å². The summed E-state index contributed by atoms with van der Waals surface area (Å²) in [6.45, 7) is 4.25. The number of carbonyl (C=O) groups is 1. The number of carboxylic acids is 1. The molecule has 5 nitrogen and oxygen atoms in total. The minimum atomic E-state index is -1.10. The molecule has 1 N–H and O–H groups in total. The van der Waals surface area contributed by atoms with Crippen molar-refractivity contribution in [3.05, 3.63) is 11.6 Å². The Morgan fingerprint density at radius 2 is 2.11 bits per heavy atom. The number of oxazole rings is 1. The van der Waals surface area contributed by atoms with Crippen LogP contribution in [0.5, 0.6) is 5.95 Å². The molecule has 1 aliphatic rings. The molecule has 1 aromatic heterocycles. The average Bonchev–Trinajstić information content (AvgIpc) is 2.95. The average molecular weight is 253 g/mol. The number of aromatic carboxylic acids is 1. The highest BCUT2D eigenvalue weighted by molar-refractivity contribution is 5.87. The van der Waals surface area contributed by atoms with E-state index < -0.39 is 5.97 Å². The third kappa shape index (κ3) is 2.09. The molecule has 1 fully saturated rings. The van der Waals surface area contributed by atoms with Crippen LogP contribution in [0.4, 0.5) is 0 Å². The van der Waals surface area contributed by atoms with Crippen LogP contribution in [-0.2, 0) is 5.41 Å². The first-order chi connectivity index (χ1) is 8.63. The molecule has 1 aliphatic carbocycles. The molecule has 1 heterocycles. The maximum absolute atomic E-state index is 11.1. The Balaban J connectivity index is 2.39. The van der Waals surface area contributed by atoms with E-state index in [2.05, 4.69) is 11.9 Å². The first-order valence-corrected chi connectivity index (χ1v) is 6.50. The van der Waals surface area contributed by atoms with Crippen LogP contribution in [0.15, 0.2) is 4.42 Å². The van der Waals surface area contributed by atoms with Crippen molar-refractivity contribution in [1.29, 1.82) is 0 Å². The van der Waals surface area contributed by atoms with E-state index in [0.717, 1.165) is 32.1 Å². The number of hydrogen-bond donors (Lipinski definition) is 1. The minimum Gasteiger partial charge on any atom is -0.476 e. The van der Waals surface area contributed by atoms with Crippen LogP contribution in [0, 0.1) is 0 Å². The Kier molecular flexibility index (Phi) is 3.59. The zero-order valence-electron chi connectivity index (χ0n) is 10.9. The Labute approximate surface area is 106 Å². The van der Waals surface area contributed by atoms with Gasteiger partial charge in [-0.05, 0) is 26.2 Å². The zero-order valence-corrected chi connectivity index (χ0v) is 10.9. The van der Waals surface area contributed by atoms with Gasteiger partial charge in [-0.3, -0.25) is 0 Å². The van der Waals surface area contributed by atoms with Crippen LogP contribution in [0.3, 0.4) is 0 Å². The van der Waals surface area contributed by atoms with Gasteiger partial charge in [-0.15, -0.1) is 0 Å². The van der Waals surface area contributed by atoms with Crippen molar-refractivity contribution in [2.45, 2.75) is 51.4 Å². The van der Waals surface area contributed by atoms with Gasteiger partial charge in [0.05, 0.1) is 6.61 Å². The summed E-state index contributed by atoms with van der Waals surface area (Å²) in [5.74, 6) is -0.527. The topological polar surface area (TPSA) is 72.6 Å². The summed E-state index contributed by atoms with van der Waals surface area (Å²) in [7, 11) is 0. The van der Waals surface area contributed by atoms with E-state index in [1.165, 1.54) is 0 Å². The fourth-order valence-electron chi connectivity index (χ4n) is 2.67. The summed E-state index contributed by atoms with van der Waals surface area (Å²) in [5, 5.41) is 9.10. The summed E-state index contributed by atoms with van der Waals surface area (Å²) in [6, 6.07) is 0. The number of ether oxygens (including phenoxy) is 1. The lowest BCUT2D eigenvalue weighted by Gasteiger charge is -2.22. The van der Waals surface area contributed by atoms with Gasteiger partial charge in [0.15, 0.2) is 0 Å². The molecule has 0 aliphatic heterocycles. The number of aromatic nitrogens is 1. The molecule has 1 aromatic rings. The van der Waals surface area contributed by atoms with Gasteiger partial charge < -0.3 is 14.3 Å². The van der Waals surface area contributed by atoms with Crippen molar-refractivity contribution in [2.24, 2.45) is 0 Å². The lowest BCUT2D eigenvalue weighted by Crippen LogP contribution is -2.21. The molecule has 0 unspecified atom stereocenters. The van der Waals surface area contributed by atoms with Gasteiger partial charge in [0.2, 0.25) is 11.6 Å². The molecule has 0 saturated heterocycles. The number of rotatable bonds is 5. The predicted octanol–water partition coefficient (Wildman–Crippen LogP) is 2.99. The molecule has 18 heavy (non-hydrogen) atoms. The standard InChI is InChI=1S/C13H19NO4/c1-3-13(7-5-6-8-13)12-14-9(10(15)16)11(18-12)17-4-2/h3-8H2,1-2H3,(H,15,16). The highest BCUT2D eigenvalue weighted by Crippen LogP contribution is 2.44. The molecular formula is C13H19NO4. The monoisotopic (exact) mass is 253 g/mol. The van der Waals surface area contributed by atoms with E-state index in [1.807, 2.05) is 0 Å². The largest absolute Gasteiger partial charge is 0.476 e. The van der Waals surface area contributed by atoms with Crippen molar-refractivity contribution in [2.75, 3.05) is 6.61 Å². The Morgan fingerprint density at radius 3 is 2.61 bits per heavy atom. The minimum absolute atomic E-state index is 0.0414. The van der Waals surface area contributed by atoms with E-state index in [-0.39, 0.29) is 17.1 Å². The van der Waals surface area contributed by atoms with E-state index in [0.29, 0.717) is 12.5 Å². The molecule has 2 rings (SSSR count). The molecule has 0 atom stereocenters. The van der Waals surface area contributed by atoms with Gasteiger partial charge in [-0.1, -0.05) is 19.8 Å². The molecular weight excluding hydrogens is 234 g/mol. The smallest absolute Gasteiger partial charge is 0.362 e. The third-order valence-corrected chi connectivity index (χ3v) is 3.77. The number of carboxylic acid groups (broad SMARTS) is 1. The SMILES string of the molecule is CCOc1oc(C2(CC)CCCC2)nc1C(=O)O. The first kappa shape index (κ1) is 12.9. The van der Waals surface area contributed by atoms with Crippen LogP contribution in [0.2, 0.25) is 0 Å². The second-order valence-electron chi connectivity index (χ2n) is 4.73. The first-order valence-electron chi connectivity index (χ1n) is 6.50. The summed E-state index contributed by atoms with van der Waals surface area (Å²) in [4.78, 5) is 15.3. The van der Waals surface area contributed by atoms with Gasteiger partial charge in [0, 0.05) is 5.41 Å². The molecule has 5 heteroatoms. The molecule has 0 spiro atoms. The van der Waals surface area contributed by atoms with Gasteiger partial charge in [-0.2, -0.15) is 0 Å². The summed E-state index contributed by atoms with van der Waals surface area (Å²) < 4.78 is 10.8. The number of hydrogen-bond acceptors (Lipinski definition) is 4. The van der Waals surface area contributed by atoms with Crippen molar-refractivity contribution < 1.29 is 19.1 Å². The molecule has 100 valence electrons. The predicted molar refractivity (Wildman–Crippen MR) is 65.1 cm³/mol. The highest BCUT2D eigenvalue weighted by atomic mass is 16.6. The van der Waals surface area contributed by atoms with Gasteiger partial charge in [-0.25, -0.2) is 9.78 Å².